The zero-order chi connectivity index (χ0) is 20.4. The molecule has 1 aromatic carbocycles. The molecule has 1 saturated carbocycles. The minimum absolute atomic E-state index is 0. The van der Waals surface area contributed by atoms with E-state index >= 15 is 0 Å². The Balaban J connectivity index is 0.00000320. The van der Waals surface area contributed by atoms with E-state index in [-0.39, 0.29) is 24.0 Å². The average Bonchev–Trinajstić information content (AvgIpc) is 3.42. The topological polar surface area (TPSA) is 63.5 Å². The standard InChI is InChI=1S/C23H35N5O.HI/c1-3-25-22(27-18-23(12-15-29-2)10-4-5-11-23)26-16-20-6-8-21(9-7-20)17-28-14-13-24-19-28;/h6-9,13-14,19H,3-5,10-12,15-18H2,1-2H3,(H2,25,26,27);1H. The van der Waals surface area contributed by atoms with Crippen LogP contribution in [0.3, 0.4) is 0 Å². The molecule has 0 saturated heterocycles. The summed E-state index contributed by atoms with van der Waals surface area (Å²) in [5.74, 6) is 0.902. The van der Waals surface area contributed by atoms with E-state index in [4.69, 9.17) is 9.73 Å². The molecule has 0 atom stereocenters. The van der Waals surface area contributed by atoms with Gasteiger partial charge in [-0.05, 0) is 42.7 Å². The van der Waals surface area contributed by atoms with Crippen molar-refractivity contribution in [1.29, 1.82) is 0 Å². The number of hydrogen-bond donors (Lipinski definition) is 2. The van der Waals surface area contributed by atoms with Gasteiger partial charge >= 0.3 is 0 Å². The van der Waals surface area contributed by atoms with Crippen LogP contribution in [0.2, 0.25) is 0 Å². The van der Waals surface area contributed by atoms with Crippen molar-refractivity contribution in [2.24, 2.45) is 10.4 Å². The molecule has 2 aromatic rings. The summed E-state index contributed by atoms with van der Waals surface area (Å²) < 4.78 is 7.42. The second kappa shape index (κ2) is 12.9. The van der Waals surface area contributed by atoms with E-state index in [1.54, 1.807) is 7.11 Å². The van der Waals surface area contributed by atoms with Crippen molar-refractivity contribution in [3.05, 3.63) is 54.1 Å². The maximum atomic E-state index is 5.35. The van der Waals surface area contributed by atoms with E-state index in [9.17, 15) is 0 Å². The number of aromatic nitrogens is 2. The van der Waals surface area contributed by atoms with Gasteiger partial charge in [-0.3, -0.25) is 0 Å². The fraction of sp³-hybridized carbons (Fsp3) is 0.565. The van der Waals surface area contributed by atoms with Crippen molar-refractivity contribution < 1.29 is 4.74 Å². The summed E-state index contributed by atoms with van der Waals surface area (Å²) in [6, 6.07) is 8.67. The van der Waals surface area contributed by atoms with E-state index in [1.807, 2.05) is 18.7 Å². The molecule has 7 heteroatoms. The molecule has 166 valence electrons. The lowest BCUT2D eigenvalue weighted by molar-refractivity contribution is 0.138. The third-order valence-corrected chi connectivity index (χ3v) is 5.84. The van der Waals surface area contributed by atoms with Crippen LogP contribution in [0.15, 0.2) is 48.0 Å². The van der Waals surface area contributed by atoms with Crippen molar-refractivity contribution in [2.45, 2.75) is 52.1 Å². The number of benzene rings is 1. The summed E-state index contributed by atoms with van der Waals surface area (Å²) in [7, 11) is 1.79. The first-order valence-electron chi connectivity index (χ1n) is 10.8. The molecule has 1 heterocycles. The Morgan fingerprint density at radius 1 is 1.17 bits per heavy atom. The molecule has 30 heavy (non-hydrogen) atoms. The molecule has 0 radical (unpaired) electrons. The minimum Gasteiger partial charge on any atom is -0.385 e. The number of guanidine groups is 1. The van der Waals surface area contributed by atoms with Gasteiger partial charge in [0.1, 0.15) is 0 Å². The van der Waals surface area contributed by atoms with Crippen LogP contribution in [0, 0.1) is 5.41 Å². The highest BCUT2D eigenvalue weighted by molar-refractivity contribution is 14.0. The van der Waals surface area contributed by atoms with Crippen molar-refractivity contribution >= 4 is 29.9 Å². The molecule has 0 unspecified atom stereocenters. The lowest BCUT2D eigenvalue weighted by atomic mass is 9.83. The Labute approximate surface area is 197 Å². The monoisotopic (exact) mass is 525 g/mol. The van der Waals surface area contributed by atoms with Crippen molar-refractivity contribution in [3.63, 3.8) is 0 Å². The average molecular weight is 525 g/mol. The van der Waals surface area contributed by atoms with Crippen LogP contribution in [0.4, 0.5) is 0 Å². The Bertz CT molecular complexity index is 739. The fourth-order valence-electron chi connectivity index (χ4n) is 4.08. The molecular weight excluding hydrogens is 489 g/mol. The predicted molar refractivity (Wildman–Crippen MR) is 133 cm³/mol. The van der Waals surface area contributed by atoms with Gasteiger partial charge in [0.15, 0.2) is 5.96 Å². The highest BCUT2D eigenvalue weighted by atomic mass is 127. The molecule has 6 nitrogen and oxygen atoms in total. The number of methoxy groups -OCH3 is 1. The van der Waals surface area contributed by atoms with E-state index in [0.717, 1.165) is 38.6 Å². The highest BCUT2D eigenvalue weighted by Gasteiger charge is 2.33. The smallest absolute Gasteiger partial charge is 0.191 e. The fourth-order valence-corrected chi connectivity index (χ4v) is 4.08. The molecule has 1 aliphatic carbocycles. The number of rotatable bonds is 10. The van der Waals surface area contributed by atoms with Crippen LogP contribution < -0.4 is 10.6 Å². The van der Waals surface area contributed by atoms with Crippen LogP contribution in [0.5, 0.6) is 0 Å². The number of ether oxygens (including phenoxy) is 1. The molecular formula is C23H36IN5O. The third-order valence-electron chi connectivity index (χ3n) is 5.84. The van der Waals surface area contributed by atoms with Gasteiger partial charge in [0.05, 0.1) is 12.9 Å². The summed E-state index contributed by atoms with van der Waals surface area (Å²) in [4.78, 5) is 8.90. The Morgan fingerprint density at radius 2 is 1.90 bits per heavy atom. The summed E-state index contributed by atoms with van der Waals surface area (Å²) in [6.45, 7) is 6.29. The van der Waals surface area contributed by atoms with Gasteiger partial charge in [-0.2, -0.15) is 0 Å². The molecule has 0 spiro atoms. The highest BCUT2D eigenvalue weighted by Crippen LogP contribution is 2.40. The molecule has 2 N–H and O–H groups in total. The number of aliphatic imine (C=N–C) groups is 1. The van der Waals surface area contributed by atoms with Crippen LogP contribution in [-0.2, 0) is 17.8 Å². The third kappa shape index (κ3) is 7.58. The SMILES string of the molecule is CCNC(=NCc1ccc(Cn2ccnc2)cc1)NCC1(CCOC)CCCC1.I. The van der Waals surface area contributed by atoms with Gasteiger partial charge in [0, 0.05) is 45.7 Å². The number of nitrogens with zero attached hydrogens (tertiary/aromatic N) is 3. The molecule has 1 aromatic heterocycles. The second-order valence-corrected chi connectivity index (χ2v) is 8.05. The van der Waals surface area contributed by atoms with Gasteiger partial charge in [0.25, 0.3) is 0 Å². The Kier molecular flexibility index (Phi) is 10.6. The molecule has 0 aliphatic heterocycles. The van der Waals surface area contributed by atoms with Crippen LogP contribution in [0.1, 0.15) is 50.2 Å². The summed E-state index contributed by atoms with van der Waals surface area (Å²) in [5.41, 5.74) is 2.83. The van der Waals surface area contributed by atoms with Gasteiger partial charge in [0.2, 0.25) is 0 Å². The largest absolute Gasteiger partial charge is 0.385 e. The summed E-state index contributed by atoms with van der Waals surface area (Å²) >= 11 is 0. The maximum absolute atomic E-state index is 5.35. The van der Waals surface area contributed by atoms with Crippen molar-refractivity contribution in [2.75, 3.05) is 26.8 Å². The Hall–Kier alpha value is -1.61. The molecule has 3 rings (SSSR count). The first-order chi connectivity index (χ1) is 14.2. The number of halogens is 1. The van der Waals surface area contributed by atoms with Crippen LogP contribution >= 0.6 is 24.0 Å². The zero-order valence-corrected chi connectivity index (χ0v) is 20.6. The predicted octanol–water partition coefficient (Wildman–Crippen LogP) is 4.20. The lowest BCUT2D eigenvalue weighted by Crippen LogP contribution is -2.43. The number of hydrogen-bond acceptors (Lipinski definition) is 3. The van der Waals surface area contributed by atoms with Gasteiger partial charge in [-0.1, -0.05) is 37.1 Å². The molecule has 1 aliphatic rings. The maximum Gasteiger partial charge on any atom is 0.191 e. The molecule has 0 bridgehead atoms. The molecule has 0 amide bonds. The van der Waals surface area contributed by atoms with Crippen molar-refractivity contribution in [1.82, 2.24) is 20.2 Å². The zero-order valence-electron chi connectivity index (χ0n) is 18.3. The number of nitrogens with one attached hydrogen (secondary N) is 2. The second-order valence-electron chi connectivity index (χ2n) is 8.05. The normalized spacial score (nSPS) is 15.6. The van der Waals surface area contributed by atoms with E-state index in [1.165, 1.54) is 36.8 Å². The quantitative estimate of drug-likeness (QED) is 0.277. The van der Waals surface area contributed by atoms with Crippen molar-refractivity contribution in [3.8, 4) is 0 Å². The van der Waals surface area contributed by atoms with E-state index < -0.39 is 0 Å². The molecule has 1 fully saturated rings. The summed E-state index contributed by atoms with van der Waals surface area (Å²) in [6.07, 6.45) is 12.0. The lowest BCUT2D eigenvalue weighted by Gasteiger charge is -2.30. The van der Waals surface area contributed by atoms with Gasteiger partial charge < -0.3 is 19.9 Å². The van der Waals surface area contributed by atoms with Gasteiger partial charge in [-0.25, -0.2) is 9.98 Å². The van der Waals surface area contributed by atoms with E-state index in [0.29, 0.717) is 12.0 Å². The van der Waals surface area contributed by atoms with Crippen LogP contribution in [0.25, 0.3) is 0 Å². The number of imidazole rings is 1. The Morgan fingerprint density at radius 3 is 2.53 bits per heavy atom. The first kappa shape index (κ1) is 24.7. The minimum atomic E-state index is 0. The van der Waals surface area contributed by atoms with Gasteiger partial charge in [-0.15, -0.1) is 24.0 Å². The van der Waals surface area contributed by atoms with Crippen LogP contribution in [-0.4, -0.2) is 42.3 Å². The first-order valence-corrected chi connectivity index (χ1v) is 10.8. The van der Waals surface area contributed by atoms with E-state index in [2.05, 4.69) is 51.4 Å². The summed E-state index contributed by atoms with van der Waals surface area (Å²) in [5, 5.41) is 6.99.